The third kappa shape index (κ3) is 6.78. The lowest BCUT2D eigenvalue weighted by Crippen LogP contribution is -2.54. The Morgan fingerprint density at radius 2 is 1.66 bits per heavy atom. The summed E-state index contributed by atoms with van der Waals surface area (Å²) in [5, 5.41) is 19.4. The number of amides is 2. The largest absolute Gasteiger partial charge is 0.507 e. The number of hydrogen-bond donors (Lipinski definition) is 5. The van der Waals surface area contributed by atoms with Gasteiger partial charge in [-0.15, -0.1) is 12.4 Å². The molecule has 1 aliphatic heterocycles. The van der Waals surface area contributed by atoms with Crippen LogP contribution in [0, 0.1) is 0 Å². The standard InChI is InChI=1S/C27H29N5O5.ClH/c1-37-19-8-9-23(33)20(14-19)25(34)16-4-6-17(7-5-16)26(35)31-21-3-2-11-29-15-22(21)32-27(36)18-10-12-30-24(28)13-18;/h4-10,12-14,21-22,29,33H,2-3,11,15H2,1H3,(H2,28,30)(H,31,35)(H,32,36);1H/t21-,22-;/m1./s1. The third-order valence-corrected chi connectivity index (χ3v) is 6.25. The van der Waals surface area contributed by atoms with Crippen LogP contribution in [0.15, 0.2) is 60.8 Å². The summed E-state index contributed by atoms with van der Waals surface area (Å²) in [5.41, 5.74) is 6.89. The number of halogens is 1. The SMILES string of the molecule is COc1ccc(O)c(C(=O)c2ccc(C(=O)N[C@@H]3CCCNC[C@H]3NC(=O)c3ccnc(N)c3)cc2)c1.Cl. The normalized spacial score (nSPS) is 16.9. The minimum Gasteiger partial charge on any atom is -0.507 e. The molecule has 3 aromatic rings. The molecular weight excluding hydrogens is 510 g/mol. The number of aromatic hydroxyl groups is 1. The molecule has 1 saturated heterocycles. The molecule has 200 valence electrons. The van der Waals surface area contributed by atoms with Gasteiger partial charge in [0.05, 0.1) is 24.8 Å². The number of ketones is 1. The van der Waals surface area contributed by atoms with E-state index in [0.717, 1.165) is 13.0 Å². The zero-order chi connectivity index (χ0) is 26.4. The summed E-state index contributed by atoms with van der Waals surface area (Å²) in [7, 11) is 1.48. The molecule has 4 rings (SSSR count). The van der Waals surface area contributed by atoms with Gasteiger partial charge in [-0.2, -0.15) is 0 Å². The third-order valence-electron chi connectivity index (χ3n) is 6.25. The molecule has 6 N–H and O–H groups in total. The molecule has 0 bridgehead atoms. The molecular formula is C27H30ClN5O5. The summed E-state index contributed by atoms with van der Waals surface area (Å²) in [6, 6.07) is 13.1. The van der Waals surface area contributed by atoms with Gasteiger partial charge in [-0.1, -0.05) is 12.1 Å². The van der Waals surface area contributed by atoms with E-state index in [9.17, 15) is 19.5 Å². The van der Waals surface area contributed by atoms with Gasteiger partial charge in [-0.25, -0.2) is 4.98 Å². The Kier molecular flexibility index (Phi) is 9.64. The lowest BCUT2D eigenvalue weighted by molar-refractivity contribution is 0.0882. The van der Waals surface area contributed by atoms with Gasteiger partial charge in [0.25, 0.3) is 11.8 Å². The van der Waals surface area contributed by atoms with Crippen molar-refractivity contribution in [3.05, 3.63) is 83.0 Å². The Morgan fingerprint density at radius 1 is 0.974 bits per heavy atom. The molecule has 0 spiro atoms. The van der Waals surface area contributed by atoms with Crippen LogP contribution in [0.3, 0.4) is 0 Å². The number of nitrogens with one attached hydrogen (secondary N) is 3. The number of hydrogen-bond acceptors (Lipinski definition) is 8. The molecule has 38 heavy (non-hydrogen) atoms. The average molecular weight is 540 g/mol. The fourth-order valence-electron chi connectivity index (χ4n) is 4.22. The molecule has 0 saturated carbocycles. The van der Waals surface area contributed by atoms with Gasteiger partial charge >= 0.3 is 0 Å². The number of benzene rings is 2. The molecule has 2 aromatic carbocycles. The highest BCUT2D eigenvalue weighted by molar-refractivity contribution is 6.11. The zero-order valence-electron chi connectivity index (χ0n) is 20.8. The van der Waals surface area contributed by atoms with Crippen LogP contribution in [0.4, 0.5) is 5.82 Å². The number of carbonyl (C=O) groups excluding carboxylic acids is 3. The maximum absolute atomic E-state index is 13.0. The van der Waals surface area contributed by atoms with Crippen LogP contribution in [0.1, 0.15) is 49.5 Å². The van der Waals surface area contributed by atoms with Crippen LogP contribution in [0.2, 0.25) is 0 Å². The van der Waals surface area contributed by atoms with Gasteiger partial charge in [-0.3, -0.25) is 14.4 Å². The van der Waals surface area contributed by atoms with Gasteiger partial charge in [0.15, 0.2) is 5.78 Å². The Hall–Kier alpha value is -4.15. The van der Waals surface area contributed by atoms with E-state index < -0.39 is 5.78 Å². The van der Waals surface area contributed by atoms with Crippen molar-refractivity contribution in [2.24, 2.45) is 0 Å². The van der Waals surface area contributed by atoms with Gasteiger partial charge in [0.2, 0.25) is 0 Å². The monoisotopic (exact) mass is 539 g/mol. The van der Waals surface area contributed by atoms with E-state index in [1.165, 1.54) is 43.6 Å². The fourth-order valence-corrected chi connectivity index (χ4v) is 4.22. The van der Waals surface area contributed by atoms with Gasteiger partial charge in [0, 0.05) is 29.4 Å². The summed E-state index contributed by atoms with van der Waals surface area (Å²) in [6.45, 7) is 1.27. The number of pyridine rings is 1. The van der Waals surface area contributed by atoms with Crippen molar-refractivity contribution in [3.8, 4) is 11.5 Å². The van der Waals surface area contributed by atoms with Crippen molar-refractivity contribution < 1.29 is 24.2 Å². The maximum Gasteiger partial charge on any atom is 0.251 e. The van der Waals surface area contributed by atoms with E-state index in [1.807, 2.05) is 0 Å². The topological polar surface area (TPSA) is 156 Å². The highest BCUT2D eigenvalue weighted by atomic mass is 35.5. The average Bonchev–Trinajstić information content (AvgIpc) is 3.13. The molecule has 2 atom stereocenters. The molecule has 0 radical (unpaired) electrons. The van der Waals surface area contributed by atoms with Crippen LogP contribution in [0.5, 0.6) is 11.5 Å². The Labute approximate surface area is 226 Å². The maximum atomic E-state index is 13.0. The molecule has 1 aliphatic rings. The predicted molar refractivity (Wildman–Crippen MR) is 145 cm³/mol. The summed E-state index contributed by atoms with van der Waals surface area (Å²) in [4.78, 5) is 42.6. The molecule has 1 fully saturated rings. The first-order chi connectivity index (χ1) is 17.9. The van der Waals surface area contributed by atoms with Crippen molar-refractivity contribution in [2.45, 2.75) is 24.9 Å². The van der Waals surface area contributed by atoms with E-state index >= 15 is 0 Å². The Morgan fingerprint density at radius 3 is 2.37 bits per heavy atom. The second-order valence-corrected chi connectivity index (χ2v) is 8.77. The minimum atomic E-state index is -0.391. The second kappa shape index (κ2) is 12.9. The number of nitrogens with zero attached hydrogens (tertiary/aromatic N) is 1. The molecule has 11 heteroatoms. The number of phenols is 1. The number of carbonyl (C=O) groups is 3. The number of nitrogens with two attached hydrogens (primary N) is 1. The number of methoxy groups -OCH3 is 1. The van der Waals surface area contributed by atoms with Gasteiger partial charge < -0.3 is 31.5 Å². The molecule has 0 aliphatic carbocycles. The number of phenolic OH excluding ortho intramolecular Hbond substituents is 1. The van der Waals surface area contributed by atoms with Crippen LogP contribution in [-0.4, -0.2) is 60.0 Å². The van der Waals surface area contributed by atoms with Crippen LogP contribution >= 0.6 is 12.4 Å². The van der Waals surface area contributed by atoms with Crippen LogP contribution in [0.25, 0.3) is 0 Å². The van der Waals surface area contributed by atoms with Crippen molar-refractivity contribution in [1.29, 1.82) is 0 Å². The van der Waals surface area contributed by atoms with Gasteiger partial charge in [-0.05, 0) is 61.9 Å². The first-order valence-electron chi connectivity index (χ1n) is 11.9. The van der Waals surface area contributed by atoms with Crippen LogP contribution < -0.4 is 26.4 Å². The number of ether oxygens (including phenoxy) is 1. The molecule has 2 amide bonds. The smallest absolute Gasteiger partial charge is 0.251 e. The number of rotatable bonds is 7. The van der Waals surface area contributed by atoms with Crippen molar-refractivity contribution in [2.75, 3.05) is 25.9 Å². The first kappa shape index (κ1) is 28.4. The Balaban J connectivity index is 0.00000400. The van der Waals surface area contributed by atoms with Crippen LogP contribution in [-0.2, 0) is 0 Å². The first-order valence-corrected chi connectivity index (χ1v) is 11.9. The molecule has 2 heterocycles. The van der Waals surface area contributed by atoms with E-state index in [1.54, 1.807) is 24.3 Å². The highest BCUT2D eigenvalue weighted by Gasteiger charge is 2.27. The second-order valence-electron chi connectivity index (χ2n) is 8.77. The zero-order valence-corrected chi connectivity index (χ0v) is 21.6. The van der Waals surface area contributed by atoms with Crippen molar-refractivity contribution >= 4 is 35.8 Å². The van der Waals surface area contributed by atoms with Gasteiger partial charge in [0.1, 0.15) is 17.3 Å². The molecule has 0 unspecified atom stereocenters. The highest BCUT2D eigenvalue weighted by Crippen LogP contribution is 2.25. The minimum absolute atomic E-state index is 0. The van der Waals surface area contributed by atoms with E-state index in [4.69, 9.17) is 10.5 Å². The van der Waals surface area contributed by atoms with E-state index in [0.29, 0.717) is 35.4 Å². The summed E-state index contributed by atoms with van der Waals surface area (Å²) < 4.78 is 5.14. The number of aromatic nitrogens is 1. The predicted octanol–water partition coefficient (Wildman–Crippen LogP) is 2.31. The Bertz CT molecular complexity index is 1300. The summed E-state index contributed by atoms with van der Waals surface area (Å²) >= 11 is 0. The lowest BCUT2D eigenvalue weighted by Gasteiger charge is -2.27. The molecule has 1 aromatic heterocycles. The van der Waals surface area contributed by atoms with Crippen molar-refractivity contribution in [3.63, 3.8) is 0 Å². The summed E-state index contributed by atoms with van der Waals surface area (Å²) in [6.07, 6.45) is 2.98. The summed E-state index contributed by atoms with van der Waals surface area (Å²) in [5.74, 6) is -0.466. The number of nitrogen functional groups attached to an aromatic ring is 1. The number of anilines is 1. The quantitative estimate of drug-likeness (QED) is 0.286. The lowest BCUT2D eigenvalue weighted by atomic mass is 10.00. The van der Waals surface area contributed by atoms with Crippen molar-refractivity contribution in [1.82, 2.24) is 20.9 Å². The van der Waals surface area contributed by atoms with E-state index in [2.05, 4.69) is 20.9 Å². The fraction of sp³-hybridized carbons (Fsp3) is 0.259. The van der Waals surface area contributed by atoms with E-state index in [-0.39, 0.29) is 53.4 Å². The molecule has 10 nitrogen and oxygen atoms in total.